The molecule has 2 aromatic rings. The first-order chi connectivity index (χ1) is 9.22. The van der Waals surface area contributed by atoms with Gasteiger partial charge in [0, 0.05) is 14.7 Å². The van der Waals surface area contributed by atoms with Gasteiger partial charge in [0.2, 0.25) is 0 Å². The Morgan fingerprint density at radius 2 is 1.74 bits per heavy atom. The van der Waals surface area contributed by atoms with Gasteiger partial charge in [0.15, 0.2) is 0 Å². The van der Waals surface area contributed by atoms with Crippen LogP contribution in [-0.2, 0) is 6.42 Å². The van der Waals surface area contributed by atoms with Gasteiger partial charge in [-0.2, -0.15) is 5.26 Å². The maximum absolute atomic E-state index is 8.91. The van der Waals surface area contributed by atoms with E-state index in [0.29, 0.717) is 6.42 Å². The molecule has 2 aromatic carbocycles. The van der Waals surface area contributed by atoms with Gasteiger partial charge in [0.05, 0.1) is 12.5 Å². The smallest absolute Gasteiger partial charge is 0.0670 e. The highest BCUT2D eigenvalue weighted by molar-refractivity contribution is 7.99. The highest BCUT2D eigenvalue weighted by Crippen LogP contribution is 2.32. The van der Waals surface area contributed by atoms with E-state index in [1.54, 1.807) is 23.5 Å². The standard InChI is InChI=1S/C16H15NS2/c1-12-3-8-16(13(11-12)9-10-17)19-15-6-4-14(18-2)5-7-15/h3-8,11H,9H2,1-2H3. The van der Waals surface area contributed by atoms with Gasteiger partial charge in [-0.05, 0) is 49.1 Å². The molecule has 0 aromatic heterocycles. The minimum atomic E-state index is 0.465. The molecule has 0 unspecified atom stereocenters. The van der Waals surface area contributed by atoms with Crippen molar-refractivity contribution in [3.05, 3.63) is 53.6 Å². The topological polar surface area (TPSA) is 23.8 Å². The van der Waals surface area contributed by atoms with Crippen molar-refractivity contribution in [1.82, 2.24) is 0 Å². The lowest BCUT2D eigenvalue weighted by Gasteiger charge is -2.08. The highest BCUT2D eigenvalue weighted by Gasteiger charge is 2.05. The molecule has 19 heavy (non-hydrogen) atoms. The minimum absolute atomic E-state index is 0.465. The number of benzene rings is 2. The molecule has 0 fully saturated rings. The van der Waals surface area contributed by atoms with Crippen LogP contribution in [0.2, 0.25) is 0 Å². The van der Waals surface area contributed by atoms with Crippen molar-refractivity contribution in [2.75, 3.05) is 6.26 Å². The molecule has 96 valence electrons. The van der Waals surface area contributed by atoms with E-state index in [1.807, 2.05) is 0 Å². The zero-order chi connectivity index (χ0) is 13.7. The lowest BCUT2D eigenvalue weighted by atomic mass is 10.1. The molecule has 0 saturated carbocycles. The van der Waals surface area contributed by atoms with Crippen molar-refractivity contribution in [2.24, 2.45) is 0 Å². The van der Waals surface area contributed by atoms with Gasteiger partial charge in [-0.1, -0.05) is 29.5 Å². The Bertz CT molecular complexity index is 597. The molecular formula is C16H15NS2. The van der Waals surface area contributed by atoms with Gasteiger partial charge in [-0.15, -0.1) is 11.8 Å². The number of nitriles is 1. The Morgan fingerprint density at radius 3 is 2.37 bits per heavy atom. The Morgan fingerprint density at radius 1 is 1.05 bits per heavy atom. The molecular weight excluding hydrogens is 270 g/mol. The van der Waals surface area contributed by atoms with E-state index in [1.165, 1.54) is 20.2 Å². The van der Waals surface area contributed by atoms with Crippen molar-refractivity contribution in [1.29, 1.82) is 5.26 Å². The Labute approximate surface area is 123 Å². The van der Waals surface area contributed by atoms with Gasteiger partial charge in [0.25, 0.3) is 0 Å². The predicted octanol–water partition coefficient (Wildman–Crippen LogP) is 4.93. The van der Waals surface area contributed by atoms with Gasteiger partial charge >= 0.3 is 0 Å². The summed E-state index contributed by atoms with van der Waals surface area (Å²) in [6.07, 6.45) is 2.54. The fourth-order valence-electron chi connectivity index (χ4n) is 1.80. The first-order valence-electron chi connectivity index (χ1n) is 6.01. The van der Waals surface area contributed by atoms with Gasteiger partial charge in [-0.3, -0.25) is 0 Å². The third-order valence-electron chi connectivity index (χ3n) is 2.77. The molecule has 0 radical (unpaired) electrons. The first-order valence-corrected chi connectivity index (χ1v) is 8.05. The molecule has 2 rings (SSSR count). The summed E-state index contributed by atoms with van der Waals surface area (Å²) in [6, 6.07) is 17.1. The van der Waals surface area contributed by atoms with E-state index >= 15 is 0 Å². The van der Waals surface area contributed by atoms with E-state index in [2.05, 4.69) is 61.7 Å². The molecule has 0 saturated heterocycles. The normalized spacial score (nSPS) is 10.2. The minimum Gasteiger partial charge on any atom is -0.198 e. The van der Waals surface area contributed by atoms with Crippen LogP contribution in [0.3, 0.4) is 0 Å². The Kier molecular flexibility index (Phi) is 4.95. The third kappa shape index (κ3) is 3.79. The van der Waals surface area contributed by atoms with Crippen LogP contribution in [0, 0.1) is 18.3 Å². The SMILES string of the molecule is CSc1ccc(Sc2ccc(C)cc2CC#N)cc1. The van der Waals surface area contributed by atoms with Crippen LogP contribution in [0.5, 0.6) is 0 Å². The number of rotatable bonds is 4. The molecule has 1 nitrogen and oxygen atoms in total. The van der Waals surface area contributed by atoms with E-state index in [0.717, 1.165) is 5.56 Å². The van der Waals surface area contributed by atoms with Gasteiger partial charge in [-0.25, -0.2) is 0 Å². The molecule has 0 heterocycles. The van der Waals surface area contributed by atoms with E-state index < -0.39 is 0 Å². The largest absolute Gasteiger partial charge is 0.198 e. The second kappa shape index (κ2) is 6.70. The maximum atomic E-state index is 8.91. The van der Waals surface area contributed by atoms with Crippen LogP contribution in [0.25, 0.3) is 0 Å². The van der Waals surface area contributed by atoms with Crippen LogP contribution >= 0.6 is 23.5 Å². The number of hydrogen-bond donors (Lipinski definition) is 0. The molecule has 0 aliphatic heterocycles. The molecule has 0 amide bonds. The fraction of sp³-hybridized carbons (Fsp3) is 0.188. The van der Waals surface area contributed by atoms with E-state index in [9.17, 15) is 0 Å². The van der Waals surface area contributed by atoms with Gasteiger partial charge in [0.1, 0.15) is 0 Å². The second-order valence-corrected chi connectivity index (χ2v) is 6.22. The maximum Gasteiger partial charge on any atom is 0.0670 e. The van der Waals surface area contributed by atoms with Crippen molar-refractivity contribution in [2.45, 2.75) is 28.0 Å². The van der Waals surface area contributed by atoms with Crippen molar-refractivity contribution < 1.29 is 0 Å². The molecule has 0 aliphatic rings. The predicted molar refractivity (Wildman–Crippen MR) is 82.8 cm³/mol. The summed E-state index contributed by atoms with van der Waals surface area (Å²) in [5.74, 6) is 0. The molecule has 3 heteroatoms. The molecule has 0 aliphatic carbocycles. The third-order valence-corrected chi connectivity index (χ3v) is 4.64. The Hall–Kier alpha value is -1.37. The number of nitrogens with zero attached hydrogens (tertiary/aromatic N) is 1. The zero-order valence-corrected chi connectivity index (χ0v) is 12.6. The summed E-state index contributed by atoms with van der Waals surface area (Å²) in [7, 11) is 0. The van der Waals surface area contributed by atoms with E-state index in [4.69, 9.17) is 5.26 Å². The summed E-state index contributed by atoms with van der Waals surface area (Å²) in [6.45, 7) is 2.06. The van der Waals surface area contributed by atoms with Crippen LogP contribution in [-0.4, -0.2) is 6.26 Å². The zero-order valence-electron chi connectivity index (χ0n) is 11.0. The van der Waals surface area contributed by atoms with E-state index in [-0.39, 0.29) is 0 Å². The Balaban J connectivity index is 2.24. The average molecular weight is 285 g/mol. The van der Waals surface area contributed by atoms with Crippen LogP contribution in [0.1, 0.15) is 11.1 Å². The summed E-state index contributed by atoms with van der Waals surface area (Å²) in [4.78, 5) is 3.65. The molecule has 0 bridgehead atoms. The summed E-state index contributed by atoms with van der Waals surface area (Å²) >= 11 is 3.47. The van der Waals surface area contributed by atoms with Crippen LogP contribution in [0.15, 0.2) is 57.2 Å². The van der Waals surface area contributed by atoms with Crippen molar-refractivity contribution >= 4 is 23.5 Å². The first kappa shape index (κ1) is 14.0. The summed E-state index contributed by atoms with van der Waals surface area (Å²) in [5, 5.41) is 8.91. The van der Waals surface area contributed by atoms with Crippen LogP contribution < -0.4 is 0 Å². The van der Waals surface area contributed by atoms with Crippen molar-refractivity contribution in [3.63, 3.8) is 0 Å². The lowest BCUT2D eigenvalue weighted by Crippen LogP contribution is -1.88. The lowest BCUT2D eigenvalue weighted by molar-refractivity contribution is 1.16. The number of hydrogen-bond acceptors (Lipinski definition) is 3. The number of thioether (sulfide) groups is 1. The fourth-order valence-corrected chi connectivity index (χ4v) is 3.13. The number of aryl methyl sites for hydroxylation is 1. The molecule has 0 N–H and O–H groups in total. The quantitative estimate of drug-likeness (QED) is 0.744. The second-order valence-electron chi connectivity index (χ2n) is 4.22. The molecule has 0 spiro atoms. The average Bonchev–Trinajstić information content (AvgIpc) is 2.43. The highest BCUT2D eigenvalue weighted by atomic mass is 32.2. The van der Waals surface area contributed by atoms with Gasteiger partial charge < -0.3 is 0 Å². The summed E-state index contributed by atoms with van der Waals surface area (Å²) in [5.41, 5.74) is 2.31. The summed E-state index contributed by atoms with van der Waals surface area (Å²) < 4.78 is 0. The monoisotopic (exact) mass is 285 g/mol. The molecule has 0 atom stereocenters. The van der Waals surface area contributed by atoms with Crippen molar-refractivity contribution in [3.8, 4) is 6.07 Å². The van der Waals surface area contributed by atoms with Crippen LogP contribution in [0.4, 0.5) is 0 Å².